The van der Waals surface area contributed by atoms with E-state index < -0.39 is 8.07 Å². The lowest BCUT2D eigenvalue weighted by atomic mass is 9.86. The van der Waals surface area contributed by atoms with E-state index in [9.17, 15) is 0 Å². The molecule has 1 aromatic rings. The van der Waals surface area contributed by atoms with Crippen LogP contribution in [0.2, 0.25) is 25.7 Å². The van der Waals surface area contributed by atoms with Gasteiger partial charge in [0.2, 0.25) is 0 Å². The van der Waals surface area contributed by atoms with Gasteiger partial charge in [-0.05, 0) is 36.3 Å². The summed E-state index contributed by atoms with van der Waals surface area (Å²) in [6, 6.07) is 8.50. The predicted molar refractivity (Wildman–Crippen MR) is 82.5 cm³/mol. The van der Waals surface area contributed by atoms with Crippen molar-refractivity contribution < 1.29 is 0 Å². The highest BCUT2D eigenvalue weighted by Crippen LogP contribution is 2.43. The molecule has 98 valence electrons. The number of hydrogen-bond acceptors (Lipinski definition) is 1. The molecule has 0 amide bonds. The minimum Gasteiger partial charge on any atom is -0.371 e. The molecule has 0 radical (unpaired) electrons. The molecule has 0 bridgehead atoms. The van der Waals surface area contributed by atoms with Crippen molar-refractivity contribution >= 4 is 13.8 Å². The van der Waals surface area contributed by atoms with Gasteiger partial charge in [-0.1, -0.05) is 43.9 Å². The summed E-state index contributed by atoms with van der Waals surface area (Å²) >= 11 is 0. The van der Waals surface area contributed by atoms with Crippen LogP contribution in [0.15, 0.2) is 18.2 Å². The smallest absolute Gasteiger partial charge is 0.0448 e. The van der Waals surface area contributed by atoms with Crippen molar-refractivity contribution in [3.05, 3.63) is 29.3 Å². The van der Waals surface area contributed by atoms with E-state index in [2.05, 4.69) is 42.7 Å². The summed E-state index contributed by atoms with van der Waals surface area (Å²) in [6.07, 6.45) is 4.01. The Morgan fingerprint density at radius 1 is 1.22 bits per heavy atom. The molecule has 2 aliphatic heterocycles. The highest BCUT2D eigenvalue weighted by atomic mass is 28.3. The number of anilines is 1. The van der Waals surface area contributed by atoms with Crippen molar-refractivity contribution in [2.75, 3.05) is 18.0 Å². The summed E-state index contributed by atoms with van der Waals surface area (Å²) in [7, 11) is -0.963. The van der Waals surface area contributed by atoms with Crippen molar-refractivity contribution in [3.63, 3.8) is 0 Å². The molecule has 0 spiro atoms. The van der Waals surface area contributed by atoms with Crippen molar-refractivity contribution in [3.8, 4) is 0 Å². The molecule has 1 atom stereocenters. The molecule has 1 nitrogen and oxygen atoms in total. The Labute approximate surface area is 112 Å². The first kappa shape index (κ1) is 12.3. The summed E-state index contributed by atoms with van der Waals surface area (Å²) in [5, 5.41) is 0. The van der Waals surface area contributed by atoms with Gasteiger partial charge in [0.05, 0.1) is 0 Å². The number of hydrogen-bond donors (Lipinski definition) is 0. The zero-order valence-corrected chi connectivity index (χ0v) is 13.0. The van der Waals surface area contributed by atoms with Gasteiger partial charge in [-0.25, -0.2) is 0 Å². The van der Waals surface area contributed by atoms with Gasteiger partial charge in [0.25, 0.3) is 0 Å². The van der Waals surface area contributed by atoms with Gasteiger partial charge in [-0.2, -0.15) is 0 Å². The lowest BCUT2D eigenvalue weighted by Crippen LogP contribution is -2.37. The monoisotopic (exact) mass is 259 g/mol. The average Bonchev–Trinajstić information content (AvgIpc) is 2.32. The quantitative estimate of drug-likeness (QED) is 0.717. The van der Waals surface area contributed by atoms with Crippen LogP contribution in [-0.2, 0) is 6.42 Å². The summed E-state index contributed by atoms with van der Waals surface area (Å²) in [5.74, 6) is 0.834. The first-order valence-electron chi connectivity index (χ1n) is 7.41. The largest absolute Gasteiger partial charge is 0.371 e. The van der Waals surface area contributed by atoms with Crippen LogP contribution in [0.3, 0.4) is 0 Å². The van der Waals surface area contributed by atoms with Gasteiger partial charge in [0, 0.05) is 26.9 Å². The Balaban J connectivity index is 1.98. The summed E-state index contributed by atoms with van der Waals surface area (Å²) in [4.78, 5) is 2.65. The van der Waals surface area contributed by atoms with Crippen molar-refractivity contribution in [2.24, 2.45) is 0 Å². The van der Waals surface area contributed by atoms with Crippen LogP contribution in [-0.4, -0.2) is 21.2 Å². The third-order valence-corrected chi connectivity index (χ3v) is 6.10. The van der Waals surface area contributed by atoms with Crippen molar-refractivity contribution in [1.29, 1.82) is 0 Å². The molecule has 0 saturated carbocycles. The van der Waals surface area contributed by atoms with Crippen LogP contribution in [0, 0.1) is 0 Å². The van der Waals surface area contributed by atoms with Gasteiger partial charge in [-0.3, -0.25) is 0 Å². The first-order valence-corrected chi connectivity index (χ1v) is 11.1. The zero-order chi connectivity index (χ0) is 12.8. The molecule has 3 rings (SSSR count). The summed E-state index contributed by atoms with van der Waals surface area (Å²) in [5.41, 5.74) is 4.90. The predicted octanol–water partition coefficient (Wildman–Crippen LogP) is 4.26. The van der Waals surface area contributed by atoms with Gasteiger partial charge in [-0.15, -0.1) is 0 Å². The van der Waals surface area contributed by atoms with E-state index in [0.717, 1.165) is 5.92 Å². The molecular weight excluding hydrogens is 234 g/mol. The maximum Gasteiger partial charge on any atom is 0.0448 e. The molecule has 1 aromatic carbocycles. The lowest BCUT2D eigenvalue weighted by molar-refractivity contribution is 0.576. The maximum atomic E-state index is 2.65. The summed E-state index contributed by atoms with van der Waals surface area (Å²) < 4.78 is 0. The number of rotatable bonds is 2. The minimum absolute atomic E-state index is 0.834. The van der Waals surface area contributed by atoms with E-state index in [4.69, 9.17) is 0 Å². The van der Waals surface area contributed by atoms with Crippen LogP contribution in [0.5, 0.6) is 0 Å². The highest BCUT2D eigenvalue weighted by Gasteiger charge is 2.31. The molecule has 2 heteroatoms. The Hall–Kier alpha value is -0.763. The second kappa shape index (κ2) is 4.41. The number of nitrogens with zero attached hydrogens (tertiary/aromatic N) is 1. The number of benzene rings is 1. The van der Waals surface area contributed by atoms with E-state index in [1.807, 2.05) is 0 Å². The molecule has 2 heterocycles. The fourth-order valence-electron chi connectivity index (χ4n) is 3.74. The SMILES string of the molecule is C[Si](C)(C)CC1CCN2CCCc3cccc1c32. The first-order chi connectivity index (χ1) is 8.54. The fraction of sp³-hybridized carbons (Fsp3) is 0.625. The standard InChI is InChI=1S/C16H25NSi/c1-18(2,3)12-14-9-11-17-10-5-7-13-6-4-8-15(14)16(13)17/h4,6,8,14H,5,7,9-12H2,1-3H3. The van der Waals surface area contributed by atoms with E-state index in [1.165, 1.54) is 38.4 Å². The molecular formula is C16H25NSi. The van der Waals surface area contributed by atoms with Gasteiger partial charge >= 0.3 is 0 Å². The van der Waals surface area contributed by atoms with E-state index in [0.29, 0.717) is 0 Å². The van der Waals surface area contributed by atoms with Crippen LogP contribution in [0.4, 0.5) is 5.69 Å². The van der Waals surface area contributed by atoms with Gasteiger partial charge in [0.1, 0.15) is 0 Å². The average molecular weight is 259 g/mol. The number of para-hydroxylation sites is 1. The fourth-order valence-corrected chi connectivity index (χ4v) is 5.64. The number of aryl methyl sites for hydroxylation is 1. The maximum absolute atomic E-state index is 2.65. The third-order valence-electron chi connectivity index (χ3n) is 4.39. The normalized spacial score (nSPS) is 22.8. The third kappa shape index (κ3) is 2.23. The molecule has 0 aromatic heterocycles. The molecule has 0 saturated heterocycles. The summed E-state index contributed by atoms with van der Waals surface area (Å²) in [6.45, 7) is 10.1. The van der Waals surface area contributed by atoms with Gasteiger partial charge in [0.15, 0.2) is 0 Å². The minimum atomic E-state index is -0.963. The van der Waals surface area contributed by atoms with E-state index >= 15 is 0 Å². The molecule has 2 aliphatic rings. The molecule has 0 aliphatic carbocycles. The van der Waals surface area contributed by atoms with Crippen LogP contribution in [0.25, 0.3) is 0 Å². The Kier molecular flexibility index (Phi) is 3.01. The van der Waals surface area contributed by atoms with Crippen molar-refractivity contribution in [1.82, 2.24) is 0 Å². The van der Waals surface area contributed by atoms with Gasteiger partial charge < -0.3 is 4.90 Å². The Bertz CT molecular complexity index is 447. The molecule has 18 heavy (non-hydrogen) atoms. The highest BCUT2D eigenvalue weighted by molar-refractivity contribution is 6.76. The topological polar surface area (TPSA) is 3.24 Å². The van der Waals surface area contributed by atoms with Crippen molar-refractivity contribution in [2.45, 2.75) is 50.9 Å². The zero-order valence-electron chi connectivity index (χ0n) is 12.0. The van der Waals surface area contributed by atoms with E-state index in [-0.39, 0.29) is 0 Å². The van der Waals surface area contributed by atoms with Crippen LogP contribution < -0.4 is 4.90 Å². The lowest BCUT2D eigenvalue weighted by Gasteiger charge is -2.41. The molecule has 1 unspecified atom stereocenters. The second-order valence-corrected chi connectivity index (χ2v) is 12.7. The molecule has 0 N–H and O–H groups in total. The molecule has 0 fully saturated rings. The van der Waals surface area contributed by atoms with Crippen LogP contribution >= 0.6 is 0 Å². The van der Waals surface area contributed by atoms with Crippen LogP contribution in [0.1, 0.15) is 29.9 Å². The Morgan fingerprint density at radius 2 is 2.06 bits per heavy atom. The van der Waals surface area contributed by atoms with E-state index in [1.54, 1.807) is 16.8 Å². The second-order valence-electron chi connectivity index (χ2n) is 7.20. The Morgan fingerprint density at radius 3 is 2.83 bits per heavy atom.